The molecule has 7 aromatic rings. The first kappa shape index (κ1) is 58.4. The van der Waals surface area contributed by atoms with E-state index in [1.807, 2.05) is 23.1 Å². The number of aryl methyl sites for hydroxylation is 6. The summed E-state index contributed by atoms with van der Waals surface area (Å²) in [6.07, 6.45) is 35.7. The molecule has 9 rings (SSSR count). The van der Waals surface area contributed by atoms with Gasteiger partial charge < -0.3 is 4.90 Å². The van der Waals surface area contributed by atoms with Crippen molar-refractivity contribution in [3.63, 3.8) is 0 Å². The molecule has 0 amide bonds. The molecule has 4 heteroatoms. The number of para-hydroxylation sites is 1. The van der Waals surface area contributed by atoms with Crippen LogP contribution in [-0.4, -0.2) is 13.3 Å². The number of nitrogens with zero attached hydrogens (tertiary/aromatic N) is 1. The molecule has 79 heavy (non-hydrogen) atoms. The molecule has 1 aliphatic carbocycles. The summed E-state index contributed by atoms with van der Waals surface area (Å²) < 4.78 is 1.41. The van der Waals surface area contributed by atoms with Gasteiger partial charge in [-0.25, -0.2) is 0 Å². The Kier molecular flexibility index (Phi) is 20.6. The van der Waals surface area contributed by atoms with Crippen molar-refractivity contribution in [2.24, 2.45) is 0 Å². The fraction of sp³-hybridized carbons (Fsp3) is 0.413. The zero-order chi connectivity index (χ0) is 55.3. The zero-order valence-corrected chi connectivity index (χ0v) is 51.6. The number of hydrogen-bond donors (Lipinski definition) is 0. The Hall–Kier alpha value is -5.29. The third-order valence-corrected chi connectivity index (χ3v) is 19.8. The SMILES string of the molecule is CCCCCCCCN1c2ccccc2Sc2cc(/C=C/c3ccc4c(c3)C(CCCCCCCC)(CCCCCCCC)c3cc(/C=C/c5ccc(B(c6c(C)cc(C)cc6C)c6c(C)cc(C)cc6C)s5)ccc3-4)ccc21. The molecule has 0 N–H and O–H groups in total. The quantitative estimate of drug-likeness (QED) is 0.0273. The largest absolute Gasteiger partial charge is 0.340 e. The van der Waals surface area contributed by atoms with Gasteiger partial charge in [-0.3, -0.25) is 0 Å². The number of rotatable bonds is 28. The van der Waals surface area contributed by atoms with E-state index in [2.05, 4.69) is 207 Å². The van der Waals surface area contributed by atoms with Crippen LogP contribution in [0.1, 0.15) is 215 Å². The Morgan fingerprint density at radius 1 is 0.430 bits per heavy atom. The highest BCUT2D eigenvalue weighted by Gasteiger charge is 2.42. The number of thiophene rings is 1. The van der Waals surface area contributed by atoms with Crippen LogP contribution in [0.3, 0.4) is 0 Å². The van der Waals surface area contributed by atoms with Crippen LogP contribution in [-0.2, 0) is 5.41 Å². The van der Waals surface area contributed by atoms with Crippen molar-refractivity contribution in [3.8, 4) is 11.1 Å². The number of hydrogen-bond acceptors (Lipinski definition) is 3. The van der Waals surface area contributed by atoms with Crippen LogP contribution < -0.4 is 20.6 Å². The van der Waals surface area contributed by atoms with Crippen molar-refractivity contribution >= 4 is 81.2 Å². The summed E-state index contributed by atoms with van der Waals surface area (Å²) in [6, 6.07) is 45.5. The van der Waals surface area contributed by atoms with Crippen molar-refractivity contribution in [2.45, 2.75) is 206 Å². The van der Waals surface area contributed by atoms with Crippen LogP contribution in [0.5, 0.6) is 0 Å². The Morgan fingerprint density at radius 2 is 0.886 bits per heavy atom. The molecule has 6 aromatic carbocycles. The summed E-state index contributed by atoms with van der Waals surface area (Å²) in [7, 11) is 0. The maximum atomic E-state index is 2.61. The lowest BCUT2D eigenvalue weighted by Crippen LogP contribution is -2.54. The molecule has 412 valence electrons. The highest BCUT2D eigenvalue weighted by atomic mass is 32.2. The van der Waals surface area contributed by atoms with E-state index in [4.69, 9.17) is 0 Å². The minimum Gasteiger partial charge on any atom is -0.340 e. The maximum Gasteiger partial charge on any atom is 0.255 e. The molecular formula is C75H92BNS2. The second kappa shape index (κ2) is 27.9. The first-order valence-electron chi connectivity index (χ1n) is 31.1. The van der Waals surface area contributed by atoms with Crippen molar-refractivity contribution in [2.75, 3.05) is 11.4 Å². The molecule has 2 aliphatic rings. The molecule has 2 heterocycles. The van der Waals surface area contributed by atoms with E-state index in [1.54, 1.807) is 11.1 Å². The van der Waals surface area contributed by atoms with Crippen LogP contribution in [0.2, 0.25) is 0 Å². The smallest absolute Gasteiger partial charge is 0.255 e. The molecule has 1 aromatic heterocycles. The average molecular weight is 1080 g/mol. The van der Waals surface area contributed by atoms with Crippen LogP contribution in [0.4, 0.5) is 11.4 Å². The van der Waals surface area contributed by atoms with Crippen molar-refractivity contribution < 1.29 is 0 Å². The van der Waals surface area contributed by atoms with Crippen LogP contribution >= 0.6 is 23.1 Å². The van der Waals surface area contributed by atoms with Crippen molar-refractivity contribution in [1.29, 1.82) is 0 Å². The summed E-state index contributed by atoms with van der Waals surface area (Å²) in [5.74, 6) is 0. The van der Waals surface area contributed by atoms with E-state index in [0.29, 0.717) is 0 Å². The van der Waals surface area contributed by atoms with E-state index < -0.39 is 0 Å². The van der Waals surface area contributed by atoms with Crippen LogP contribution in [0.15, 0.2) is 125 Å². The summed E-state index contributed by atoms with van der Waals surface area (Å²) in [5, 5.41) is 0. The molecule has 0 atom stereocenters. The first-order valence-corrected chi connectivity index (χ1v) is 32.7. The summed E-state index contributed by atoms with van der Waals surface area (Å²) in [5.41, 5.74) is 23.7. The minimum atomic E-state index is -0.0139. The topological polar surface area (TPSA) is 3.24 Å². The molecule has 0 saturated heterocycles. The summed E-state index contributed by atoms with van der Waals surface area (Å²) >= 11 is 3.90. The lowest BCUT2D eigenvalue weighted by atomic mass is 9.37. The van der Waals surface area contributed by atoms with Crippen molar-refractivity contribution in [3.05, 3.63) is 181 Å². The molecule has 0 fully saturated rings. The number of fused-ring (bicyclic) bond motifs is 5. The van der Waals surface area contributed by atoms with Gasteiger partial charge in [0.1, 0.15) is 0 Å². The zero-order valence-electron chi connectivity index (χ0n) is 50.0. The Bertz CT molecular complexity index is 3100. The molecular weight excluding hydrogens is 990 g/mol. The first-order chi connectivity index (χ1) is 38.5. The predicted octanol–water partition coefficient (Wildman–Crippen LogP) is 21.2. The molecule has 0 radical (unpaired) electrons. The monoisotopic (exact) mass is 1080 g/mol. The predicted molar refractivity (Wildman–Crippen MR) is 354 cm³/mol. The van der Waals surface area contributed by atoms with E-state index in [-0.39, 0.29) is 12.1 Å². The van der Waals surface area contributed by atoms with Gasteiger partial charge in [0.15, 0.2) is 0 Å². The third kappa shape index (κ3) is 13.9. The molecule has 0 unspecified atom stereocenters. The van der Waals surface area contributed by atoms with Crippen molar-refractivity contribution in [1.82, 2.24) is 0 Å². The standard InChI is InChI=1S/C75H92BNS2/c1-10-13-16-19-22-27-44-75(45-28-23-20-17-14-11-2)66-51-60(32-33-62-37-42-69-71(53-62)79-70-31-26-25-30-68(70)77(69)46-29-24-21-18-15-12-3)35-40-64(66)65-41-36-61(52-67(65)75)34-38-63-39-43-72(78-63)76(73-56(6)47-54(4)48-57(73)7)74-58(8)49-55(5)50-59(74)9/h25-26,30-43,47-53H,10-24,27-29,44-46H2,1-9H3/b33-32+,38-34+. The van der Waals surface area contributed by atoms with Gasteiger partial charge >= 0.3 is 0 Å². The number of anilines is 2. The van der Waals surface area contributed by atoms with E-state index in [9.17, 15) is 0 Å². The van der Waals surface area contributed by atoms with Gasteiger partial charge in [-0.15, -0.1) is 11.3 Å². The lowest BCUT2D eigenvalue weighted by molar-refractivity contribution is 0.398. The third-order valence-electron chi connectivity index (χ3n) is 17.6. The van der Waals surface area contributed by atoms with Gasteiger partial charge in [-0.05, 0) is 141 Å². The molecule has 0 bridgehead atoms. The van der Waals surface area contributed by atoms with Gasteiger partial charge in [0.2, 0.25) is 0 Å². The molecule has 0 saturated carbocycles. The Morgan fingerprint density at radius 3 is 1.43 bits per heavy atom. The van der Waals surface area contributed by atoms with Gasteiger partial charge in [0.05, 0.1) is 11.4 Å². The van der Waals surface area contributed by atoms with Crippen LogP contribution in [0, 0.1) is 41.5 Å². The Balaban J connectivity index is 1.03. The normalized spacial score (nSPS) is 13.4. The Labute approximate surface area is 488 Å². The number of benzene rings is 6. The molecule has 1 nitrogen and oxygen atoms in total. The number of unbranched alkanes of at least 4 members (excludes halogenated alkanes) is 15. The van der Waals surface area contributed by atoms with Gasteiger partial charge in [-0.1, -0.05) is 289 Å². The van der Waals surface area contributed by atoms with E-state index in [1.165, 1.54) is 231 Å². The highest BCUT2D eigenvalue weighted by molar-refractivity contribution is 7.99. The van der Waals surface area contributed by atoms with Gasteiger partial charge in [0, 0.05) is 26.6 Å². The average Bonchev–Trinajstić information content (AvgIpc) is 4.00. The lowest BCUT2D eigenvalue weighted by Gasteiger charge is -2.33. The van der Waals surface area contributed by atoms with Crippen LogP contribution in [0.25, 0.3) is 35.4 Å². The summed E-state index contributed by atoms with van der Waals surface area (Å²) in [4.78, 5) is 6.63. The fourth-order valence-corrected chi connectivity index (χ4v) is 15.9. The second-order valence-corrected chi connectivity index (χ2v) is 26.1. The molecule has 1 aliphatic heterocycles. The maximum absolute atomic E-state index is 2.61. The van der Waals surface area contributed by atoms with Gasteiger partial charge in [0.25, 0.3) is 6.71 Å². The summed E-state index contributed by atoms with van der Waals surface area (Å²) in [6.45, 7) is 22.0. The van der Waals surface area contributed by atoms with E-state index >= 15 is 0 Å². The van der Waals surface area contributed by atoms with Gasteiger partial charge in [-0.2, -0.15) is 0 Å². The second-order valence-electron chi connectivity index (χ2n) is 23.9. The molecule has 0 spiro atoms. The highest BCUT2D eigenvalue weighted by Crippen LogP contribution is 2.55. The minimum absolute atomic E-state index is 0.0139. The van der Waals surface area contributed by atoms with E-state index in [0.717, 1.165) is 6.54 Å². The fourth-order valence-electron chi connectivity index (χ4n) is 13.8.